The van der Waals surface area contributed by atoms with Crippen LogP contribution in [0.1, 0.15) is 25.5 Å². The fraction of sp³-hybridized carbons (Fsp3) is 0.545. The van der Waals surface area contributed by atoms with Crippen molar-refractivity contribution in [3.8, 4) is 0 Å². The predicted octanol–water partition coefficient (Wildman–Crippen LogP) is 0.473. The molecule has 0 saturated heterocycles. The van der Waals surface area contributed by atoms with Gasteiger partial charge in [-0.05, 0) is 12.5 Å². The molecule has 7 nitrogen and oxygen atoms in total. The molecular formula is C11H18N4O3. The number of aromatic nitrogens is 2. The number of aryl methyl sites for hydroxylation is 1. The van der Waals surface area contributed by atoms with E-state index in [1.165, 1.54) is 0 Å². The summed E-state index contributed by atoms with van der Waals surface area (Å²) in [5.41, 5.74) is 0.718. The van der Waals surface area contributed by atoms with Crippen molar-refractivity contribution < 1.29 is 14.7 Å². The molecule has 0 radical (unpaired) electrons. The molecule has 0 saturated carbocycles. The first kappa shape index (κ1) is 14.0. The van der Waals surface area contributed by atoms with Gasteiger partial charge in [0.1, 0.15) is 6.04 Å². The predicted molar refractivity (Wildman–Crippen MR) is 64.9 cm³/mol. The number of rotatable bonds is 6. The van der Waals surface area contributed by atoms with E-state index >= 15 is 0 Å². The molecule has 0 aliphatic carbocycles. The monoisotopic (exact) mass is 254 g/mol. The van der Waals surface area contributed by atoms with Crippen LogP contribution in [0.2, 0.25) is 0 Å². The Bertz CT molecular complexity index is 416. The smallest absolute Gasteiger partial charge is 0.326 e. The van der Waals surface area contributed by atoms with Crippen molar-refractivity contribution in [2.75, 3.05) is 0 Å². The van der Waals surface area contributed by atoms with E-state index in [0.717, 1.165) is 5.69 Å². The number of amides is 2. The maximum Gasteiger partial charge on any atom is 0.326 e. The largest absolute Gasteiger partial charge is 0.480 e. The number of carboxylic acids is 1. The Morgan fingerprint density at radius 3 is 2.78 bits per heavy atom. The summed E-state index contributed by atoms with van der Waals surface area (Å²) < 4.78 is 1.63. The number of hydrogen-bond acceptors (Lipinski definition) is 3. The molecule has 3 N–H and O–H groups in total. The highest BCUT2D eigenvalue weighted by molar-refractivity contribution is 5.82. The molecule has 100 valence electrons. The number of carbonyl (C=O) groups is 2. The van der Waals surface area contributed by atoms with E-state index in [9.17, 15) is 9.59 Å². The number of carbonyl (C=O) groups excluding carboxylic acids is 1. The highest BCUT2D eigenvalue weighted by atomic mass is 16.4. The molecule has 18 heavy (non-hydrogen) atoms. The molecule has 7 heteroatoms. The summed E-state index contributed by atoms with van der Waals surface area (Å²) in [6.45, 7) is 2.13. The average Bonchev–Trinajstić information content (AvgIpc) is 2.72. The van der Waals surface area contributed by atoms with Gasteiger partial charge in [0.15, 0.2) is 0 Å². The lowest BCUT2D eigenvalue weighted by atomic mass is 10.2. The second kappa shape index (κ2) is 6.63. The molecule has 1 atom stereocenters. The highest BCUT2D eigenvalue weighted by Crippen LogP contribution is 1.97. The molecule has 2 amide bonds. The van der Waals surface area contributed by atoms with Gasteiger partial charge in [-0.25, -0.2) is 9.59 Å². The van der Waals surface area contributed by atoms with Crippen LogP contribution in [0.3, 0.4) is 0 Å². The molecular weight excluding hydrogens is 236 g/mol. The Morgan fingerprint density at radius 1 is 1.56 bits per heavy atom. The first-order valence-electron chi connectivity index (χ1n) is 5.78. The molecule has 0 aromatic carbocycles. The van der Waals surface area contributed by atoms with Crippen LogP contribution in [-0.4, -0.2) is 32.9 Å². The van der Waals surface area contributed by atoms with E-state index < -0.39 is 18.0 Å². The van der Waals surface area contributed by atoms with E-state index in [-0.39, 0.29) is 6.54 Å². The SMILES string of the molecule is CCCC(NC(=O)NCc1ccn(C)n1)C(=O)O. The summed E-state index contributed by atoms with van der Waals surface area (Å²) in [6.07, 6.45) is 2.87. The third kappa shape index (κ3) is 4.44. The van der Waals surface area contributed by atoms with E-state index in [2.05, 4.69) is 15.7 Å². The van der Waals surface area contributed by atoms with Crippen LogP contribution in [0, 0.1) is 0 Å². The van der Waals surface area contributed by atoms with Gasteiger partial charge in [-0.1, -0.05) is 13.3 Å². The zero-order chi connectivity index (χ0) is 13.5. The topological polar surface area (TPSA) is 96.3 Å². The van der Waals surface area contributed by atoms with Crippen LogP contribution in [-0.2, 0) is 18.4 Å². The fourth-order valence-corrected chi connectivity index (χ4v) is 1.48. The standard InChI is InChI=1S/C11H18N4O3/c1-3-4-9(10(16)17)13-11(18)12-7-8-5-6-15(2)14-8/h5-6,9H,3-4,7H2,1-2H3,(H,16,17)(H2,12,13,18). The minimum absolute atomic E-state index is 0.269. The van der Waals surface area contributed by atoms with Crippen molar-refractivity contribution >= 4 is 12.0 Å². The van der Waals surface area contributed by atoms with Gasteiger partial charge in [-0.15, -0.1) is 0 Å². The summed E-state index contributed by atoms with van der Waals surface area (Å²) in [5, 5.41) is 18.0. The summed E-state index contributed by atoms with van der Waals surface area (Å²) in [4.78, 5) is 22.3. The van der Waals surface area contributed by atoms with Crippen LogP contribution in [0.5, 0.6) is 0 Å². The highest BCUT2D eigenvalue weighted by Gasteiger charge is 2.18. The summed E-state index contributed by atoms with van der Waals surface area (Å²) in [7, 11) is 1.78. The number of aliphatic carboxylic acids is 1. The molecule has 1 unspecified atom stereocenters. The maximum absolute atomic E-state index is 11.5. The van der Waals surface area contributed by atoms with Gasteiger partial charge in [0.25, 0.3) is 0 Å². The van der Waals surface area contributed by atoms with E-state index in [4.69, 9.17) is 5.11 Å². The molecule has 1 rings (SSSR count). The van der Waals surface area contributed by atoms with Crippen LogP contribution in [0.4, 0.5) is 4.79 Å². The van der Waals surface area contributed by atoms with E-state index in [1.807, 2.05) is 6.92 Å². The second-order valence-corrected chi connectivity index (χ2v) is 3.99. The first-order valence-corrected chi connectivity index (χ1v) is 5.78. The molecule has 0 aliphatic heterocycles. The van der Waals surface area contributed by atoms with Crippen LogP contribution in [0.15, 0.2) is 12.3 Å². The molecule has 0 spiro atoms. The number of nitrogens with zero attached hydrogens (tertiary/aromatic N) is 2. The maximum atomic E-state index is 11.5. The van der Waals surface area contributed by atoms with E-state index in [1.54, 1.807) is 24.0 Å². The van der Waals surface area contributed by atoms with Gasteiger partial charge in [-0.2, -0.15) is 5.10 Å². The lowest BCUT2D eigenvalue weighted by Crippen LogP contribution is -2.45. The van der Waals surface area contributed by atoms with Gasteiger partial charge in [0.2, 0.25) is 0 Å². The van der Waals surface area contributed by atoms with E-state index in [0.29, 0.717) is 12.8 Å². The van der Waals surface area contributed by atoms with Crippen molar-refractivity contribution in [2.45, 2.75) is 32.4 Å². The van der Waals surface area contributed by atoms with Crippen LogP contribution < -0.4 is 10.6 Å². The van der Waals surface area contributed by atoms with Crippen molar-refractivity contribution in [1.82, 2.24) is 20.4 Å². The lowest BCUT2D eigenvalue weighted by Gasteiger charge is -2.13. The van der Waals surface area contributed by atoms with Gasteiger partial charge < -0.3 is 15.7 Å². The third-order valence-electron chi connectivity index (χ3n) is 2.38. The van der Waals surface area contributed by atoms with Gasteiger partial charge in [0, 0.05) is 13.2 Å². The van der Waals surface area contributed by atoms with Gasteiger partial charge in [0.05, 0.1) is 12.2 Å². The first-order chi connectivity index (χ1) is 8.52. The number of urea groups is 1. The Labute approximate surface area is 105 Å². The molecule has 0 bridgehead atoms. The molecule has 0 aliphatic rings. The summed E-state index contributed by atoms with van der Waals surface area (Å²) in [5.74, 6) is -1.02. The average molecular weight is 254 g/mol. The summed E-state index contributed by atoms with van der Waals surface area (Å²) in [6, 6.07) is 0.432. The molecule has 1 aromatic rings. The van der Waals surface area contributed by atoms with Crippen molar-refractivity contribution in [2.24, 2.45) is 7.05 Å². The van der Waals surface area contributed by atoms with Crippen LogP contribution >= 0.6 is 0 Å². The zero-order valence-electron chi connectivity index (χ0n) is 10.5. The Morgan fingerprint density at radius 2 is 2.28 bits per heavy atom. The zero-order valence-corrected chi connectivity index (χ0v) is 10.5. The Balaban J connectivity index is 2.38. The normalized spacial score (nSPS) is 11.9. The Kier molecular flexibility index (Phi) is 5.16. The Hall–Kier alpha value is -2.05. The van der Waals surface area contributed by atoms with Crippen molar-refractivity contribution in [3.63, 3.8) is 0 Å². The quantitative estimate of drug-likeness (QED) is 0.687. The molecule has 0 fully saturated rings. The minimum Gasteiger partial charge on any atom is -0.480 e. The summed E-state index contributed by atoms with van der Waals surface area (Å²) >= 11 is 0. The third-order valence-corrected chi connectivity index (χ3v) is 2.38. The van der Waals surface area contributed by atoms with Crippen LogP contribution in [0.25, 0.3) is 0 Å². The minimum atomic E-state index is -1.02. The van der Waals surface area contributed by atoms with Gasteiger partial charge in [-0.3, -0.25) is 4.68 Å². The lowest BCUT2D eigenvalue weighted by molar-refractivity contribution is -0.139. The number of carboxylic acid groups (broad SMARTS) is 1. The van der Waals surface area contributed by atoms with Gasteiger partial charge >= 0.3 is 12.0 Å². The number of hydrogen-bond donors (Lipinski definition) is 3. The van der Waals surface area contributed by atoms with Crippen molar-refractivity contribution in [3.05, 3.63) is 18.0 Å². The fourth-order valence-electron chi connectivity index (χ4n) is 1.48. The number of nitrogens with one attached hydrogen (secondary N) is 2. The van der Waals surface area contributed by atoms with Crippen molar-refractivity contribution in [1.29, 1.82) is 0 Å². The molecule has 1 heterocycles. The molecule has 1 aromatic heterocycles. The second-order valence-electron chi connectivity index (χ2n) is 3.99.